The van der Waals surface area contributed by atoms with Crippen LogP contribution in [0.1, 0.15) is 12.8 Å². The van der Waals surface area contributed by atoms with Gasteiger partial charge in [-0.1, -0.05) is 23.7 Å². The van der Waals surface area contributed by atoms with Crippen LogP contribution in [-0.4, -0.2) is 32.6 Å². The normalized spacial score (nSPS) is 10.6. The van der Waals surface area contributed by atoms with E-state index in [1.807, 2.05) is 18.2 Å². The number of rotatable bonds is 7. The minimum absolute atomic E-state index is 0.0640. The fraction of sp³-hybridized carbons (Fsp3) is 0.176. The Morgan fingerprint density at radius 3 is 2.88 bits per heavy atom. The molecule has 0 aliphatic heterocycles. The van der Waals surface area contributed by atoms with Gasteiger partial charge in [0.1, 0.15) is 22.7 Å². The number of ether oxygens (including phenoxy) is 1. The van der Waals surface area contributed by atoms with Crippen LogP contribution in [0.5, 0.6) is 5.75 Å². The zero-order valence-corrected chi connectivity index (χ0v) is 13.9. The van der Waals surface area contributed by atoms with Crippen molar-refractivity contribution in [2.24, 2.45) is 0 Å². The molecule has 0 aliphatic carbocycles. The first-order chi connectivity index (χ1) is 12.1. The number of aromatic nitrogens is 3. The summed E-state index contributed by atoms with van der Waals surface area (Å²) in [6.45, 7) is 0.305. The molecule has 3 rings (SSSR count). The number of nitrogens with zero attached hydrogens (tertiary/aromatic N) is 3. The topological polar surface area (TPSA) is 97.2 Å². The number of benzene rings is 1. The second kappa shape index (κ2) is 7.76. The second-order valence-corrected chi connectivity index (χ2v) is 5.58. The Balaban J connectivity index is 1.81. The molecule has 0 saturated heterocycles. The summed E-state index contributed by atoms with van der Waals surface area (Å²) in [5, 5.41) is 12.2. The highest BCUT2D eigenvalue weighted by atomic mass is 35.5. The monoisotopic (exact) mass is 358 g/mol. The van der Waals surface area contributed by atoms with Crippen LogP contribution in [-0.2, 0) is 4.79 Å². The first kappa shape index (κ1) is 16.9. The zero-order chi connectivity index (χ0) is 17.6. The third-order valence-corrected chi connectivity index (χ3v) is 3.59. The molecule has 7 nitrogen and oxygen atoms in total. The van der Waals surface area contributed by atoms with Crippen molar-refractivity contribution in [2.45, 2.75) is 12.8 Å². The third kappa shape index (κ3) is 4.33. The van der Waals surface area contributed by atoms with E-state index in [1.54, 1.807) is 18.2 Å². The molecule has 25 heavy (non-hydrogen) atoms. The molecule has 0 amide bonds. The molecule has 2 N–H and O–H groups in total. The molecule has 8 heteroatoms. The quantitative estimate of drug-likeness (QED) is 0.491. The molecular formula is C17H15ClN4O3. The van der Waals surface area contributed by atoms with Crippen LogP contribution in [0.4, 0.5) is 11.5 Å². The Morgan fingerprint density at radius 1 is 1.20 bits per heavy atom. The molecule has 2 aromatic heterocycles. The van der Waals surface area contributed by atoms with E-state index in [9.17, 15) is 4.79 Å². The molecule has 128 valence electrons. The van der Waals surface area contributed by atoms with Crippen LogP contribution in [0.2, 0.25) is 5.15 Å². The van der Waals surface area contributed by atoms with Gasteiger partial charge in [0.15, 0.2) is 5.82 Å². The number of carboxylic acid groups (broad SMARTS) is 1. The number of pyridine rings is 1. The maximum absolute atomic E-state index is 10.6. The molecule has 0 atom stereocenters. The van der Waals surface area contributed by atoms with Crippen LogP contribution in [0.25, 0.3) is 11.0 Å². The van der Waals surface area contributed by atoms with E-state index in [2.05, 4.69) is 20.3 Å². The highest BCUT2D eigenvalue weighted by Crippen LogP contribution is 2.29. The fourth-order valence-electron chi connectivity index (χ4n) is 2.24. The van der Waals surface area contributed by atoms with Gasteiger partial charge in [-0.15, -0.1) is 0 Å². The zero-order valence-electron chi connectivity index (χ0n) is 13.1. The molecule has 0 unspecified atom stereocenters. The average molecular weight is 359 g/mol. The Hall–Kier alpha value is -2.93. The van der Waals surface area contributed by atoms with Crippen molar-refractivity contribution in [3.8, 4) is 5.75 Å². The van der Waals surface area contributed by atoms with Crippen molar-refractivity contribution in [1.82, 2.24) is 15.0 Å². The van der Waals surface area contributed by atoms with Crippen LogP contribution in [0, 0.1) is 0 Å². The Labute approximate surface area is 148 Å². The Morgan fingerprint density at radius 2 is 2.04 bits per heavy atom. The molecular weight excluding hydrogens is 344 g/mol. The minimum atomic E-state index is -0.842. The molecule has 1 aromatic carbocycles. The standard InChI is InChI=1S/C17H15ClN4O3/c18-14-8-7-12-16(22-14)17(20-10-19-12)21-11-4-1-2-5-13(11)25-9-3-6-15(23)24/h1-2,4-5,7-8,10H,3,6,9H2,(H,23,24)(H,19,20,21). The number of aliphatic carboxylic acids is 1. The van der Waals surface area contributed by atoms with Crippen molar-refractivity contribution in [1.29, 1.82) is 0 Å². The highest BCUT2D eigenvalue weighted by molar-refractivity contribution is 6.29. The van der Waals surface area contributed by atoms with E-state index in [0.717, 1.165) is 0 Å². The smallest absolute Gasteiger partial charge is 0.303 e. The van der Waals surface area contributed by atoms with Crippen molar-refractivity contribution >= 4 is 40.1 Å². The van der Waals surface area contributed by atoms with Gasteiger partial charge in [0.05, 0.1) is 17.8 Å². The van der Waals surface area contributed by atoms with Crippen LogP contribution < -0.4 is 10.1 Å². The Kier molecular flexibility index (Phi) is 5.25. The molecule has 0 aliphatic rings. The average Bonchev–Trinajstić information content (AvgIpc) is 2.60. The molecule has 2 heterocycles. The third-order valence-electron chi connectivity index (χ3n) is 3.38. The van der Waals surface area contributed by atoms with Crippen molar-refractivity contribution in [3.63, 3.8) is 0 Å². The number of carbonyl (C=O) groups is 1. The van der Waals surface area contributed by atoms with Gasteiger partial charge in [-0.2, -0.15) is 0 Å². The molecule has 0 spiro atoms. The number of fused-ring (bicyclic) bond motifs is 1. The summed E-state index contributed by atoms with van der Waals surface area (Å²) in [7, 11) is 0. The predicted octanol–water partition coefficient (Wildman–Crippen LogP) is 3.67. The van der Waals surface area contributed by atoms with Crippen LogP contribution >= 0.6 is 11.6 Å². The number of hydrogen-bond acceptors (Lipinski definition) is 6. The lowest BCUT2D eigenvalue weighted by molar-refractivity contribution is -0.137. The SMILES string of the molecule is O=C(O)CCCOc1ccccc1Nc1ncnc2ccc(Cl)nc12. The number of para-hydroxylation sites is 2. The van der Waals surface area contributed by atoms with E-state index in [1.165, 1.54) is 6.33 Å². The molecule has 0 radical (unpaired) electrons. The summed E-state index contributed by atoms with van der Waals surface area (Å²) in [4.78, 5) is 23.2. The summed E-state index contributed by atoms with van der Waals surface area (Å²) >= 11 is 5.97. The lowest BCUT2D eigenvalue weighted by Gasteiger charge is -2.13. The van der Waals surface area contributed by atoms with Gasteiger partial charge in [-0.05, 0) is 30.7 Å². The van der Waals surface area contributed by atoms with E-state index in [-0.39, 0.29) is 6.42 Å². The van der Waals surface area contributed by atoms with Crippen molar-refractivity contribution in [2.75, 3.05) is 11.9 Å². The number of carboxylic acids is 1. The van der Waals surface area contributed by atoms with Crippen LogP contribution in [0.15, 0.2) is 42.7 Å². The van der Waals surface area contributed by atoms with Crippen molar-refractivity contribution < 1.29 is 14.6 Å². The fourth-order valence-corrected chi connectivity index (χ4v) is 2.38. The van der Waals surface area contributed by atoms with Gasteiger partial charge in [-0.25, -0.2) is 15.0 Å². The first-order valence-electron chi connectivity index (χ1n) is 7.61. The van der Waals surface area contributed by atoms with Gasteiger partial charge in [-0.3, -0.25) is 4.79 Å². The summed E-state index contributed by atoms with van der Waals surface area (Å²) in [6, 6.07) is 10.8. The molecule has 0 bridgehead atoms. The van der Waals surface area contributed by atoms with E-state index in [0.29, 0.717) is 46.5 Å². The summed E-state index contributed by atoms with van der Waals surface area (Å²) in [5.41, 5.74) is 1.91. The number of hydrogen-bond donors (Lipinski definition) is 2. The van der Waals surface area contributed by atoms with E-state index >= 15 is 0 Å². The van der Waals surface area contributed by atoms with Gasteiger partial charge in [0.2, 0.25) is 0 Å². The maximum atomic E-state index is 10.6. The first-order valence-corrected chi connectivity index (χ1v) is 7.99. The summed E-state index contributed by atoms with van der Waals surface area (Å²) < 4.78 is 5.68. The number of anilines is 2. The van der Waals surface area contributed by atoms with Gasteiger partial charge in [0, 0.05) is 6.42 Å². The predicted molar refractivity (Wildman–Crippen MR) is 94.4 cm³/mol. The lowest BCUT2D eigenvalue weighted by atomic mass is 10.2. The van der Waals surface area contributed by atoms with Gasteiger partial charge >= 0.3 is 5.97 Å². The molecule has 3 aromatic rings. The van der Waals surface area contributed by atoms with Crippen molar-refractivity contribution in [3.05, 3.63) is 47.9 Å². The number of halogens is 1. The summed E-state index contributed by atoms with van der Waals surface area (Å²) in [6.07, 6.45) is 1.93. The molecule has 0 fully saturated rings. The highest BCUT2D eigenvalue weighted by Gasteiger charge is 2.10. The Bertz CT molecular complexity index is 904. The van der Waals surface area contributed by atoms with Gasteiger partial charge in [0.25, 0.3) is 0 Å². The maximum Gasteiger partial charge on any atom is 0.303 e. The minimum Gasteiger partial charge on any atom is -0.491 e. The lowest BCUT2D eigenvalue weighted by Crippen LogP contribution is -2.04. The van der Waals surface area contributed by atoms with E-state index in [4.69, 9.17) is 21.4 Å². The number of nitrogens with one attached hydrogen (secondary N) is 1. The van der Waals surface area contributed by atoms with Crippen LogP contribution in [0.3, 0.4) is 0 Å². The second-order valence-electron chi connectivity index (χ2n) is 5.19. The van der Waals surface area contributed by atoms with Gasteiger partial charge < -0.3 is 15.2 Å². The molecule has 0 saturated carbocycles. The summed E-state index contributed by atoms with van der Waals surface area (Å²) in [5.74, 6) is 0.265. The van der Waals surface area contributed by atoms with E-state index < -0.39 is 5.97 Å². The largest absolute Gasteiger partial charge is 0.491 e.